The van der Waals surface area contributed by atoms with Crippen molar-refractivity contribution >= 4 is 5.91 Å². The van der Waals surface area contributed by atoms with Crippen LogP contribution in [0.3, 0.4) is 0 Å². The number of rotatable bonds is 14. The molecule has 0 aliphatic rings. The Kier molecular flexibility index (Phi) is 16.5. The molecule has 0 radical (unpaired) electrons. The summed E-state index contributed by atoms with van der Waals surface area (Å²) in [5, 5.41) is 12.8. The van der Waals surface area contributed by atoms with Crippen LogP contribution in [-0.2, 0) is 4.79 Å². The molecule has 0 saturated heterocycles. The van der Waals surface area contributed by atoms with Gasteiger partial charge >= 0.3 is 0 Å². The van der Waals surface area contributed by atoms with Gasteiger partial charge in [-0.2, -0.15) is 0 Å². The average molecular weight is 384 g/mol. The summed E-state index contributed by atoms with van der Waals surface area (Å²) < 4.78 is 0. The van der Waals surface area contributed by atoms with Crippen molar-refractivity contribution in [3.05, 3.63) is 85.1 Å². The van der Waals surface area contributed by atoms with Crippen molar-refractivity contribution < 1.29 is 9.90 Å². The highest BCUT2D eigenvalue weighted by atomic mass is 16.3. The maximum Gasteiger partial charge on any atom is 0.244 e. The van der Waals surface area contributed by atoms with Crippen molar-refractivity contribution in [1.29, 1.82) is 0 Å². The van der Waals surface area contributed by atoms with E-state index in [2.05, 4.69) is 36.5 Å². The Morgan fingerprint density at radius 3 is 1.71 bits per heavy atom. The van der Waals surface area contributed by atoms with Crippen molar-refractivity contribution in [2.75, 3.05) is 6.54 Å². The van der Waals surface area contributed by atoms with Gasteiger partial charge in [0.25, 0.3) is 0 Å². The van der Waals surface area contributed by atoms with Crippen molar-refractivity contribution in [1.82, 2.24) is 5.32 Å². The third kappa shape index (κ3) is 15.8. The molecule has 0 unspecified atom stereocenters. The lowest BCUT2D eigenvalue weighted by atomic mass is 9.98. The molecule has 0 saturated carbocycles. The molecular formula is C25H37NO2. The predicted molar refractivity (Wildman–Crippen MR) is 122 cm³/mol. The van der Waals surface area contributed by atoms with Crippen molar-refractivity contribution in [2.24, 2.45) is 0 Å². The number of carbonyl (C=O) groups excluding carboxylic acids is 1. The third-order valence-corrected chi connectivity index (χ3v) is 4.19. The van der Waals surface area contributed by atoms with E-state index < -0.39 is 5.60 Å². The minimum atomic E-state index is -0.811. The van der Waals surface area contributed by atoms with Gasteiger partial charge < -0.3 is 10.4 Å². The van der Waals surface area contributed by atoms with Crippen LogP contribution in [-0.4, -0.2) is 23.2 Å². The first-order valence-corrected chi connectivity index (χ1v) is 10.2. The molecule has 2 N–H and O–H groups in total. The highest BCUT2D eigenvalue weighted by molar-refractivity contribution is 5.87. The molecule has 1 amide bonds. The maximum atomic E-state index is 11.7. The lowest BCUT2D eigenvalue weighted by Crippen LogP contribution is -2.41. The van der Waals surface area contributed by atoms with Gasteiger partial charge in [0.05, 0.1) is 5.60 Å². The number of nitrogens with one attached hydrogen (secondary N) is 1. The van der Waals surface area contributed by atoms with Crippen molar-refractivity contribution in [2.45, 2.75) is 58.5 Å². The summed E-state index contributed by atoms with van der Waals surface area (Å²) in [5.74, 6) is -0.191. The molecule has 3 nitrogen and oxygen atoms in total. The van der Waals surface area contributed by atoms with Crippen LogP contribution in [0.2, 0.25) is 0 Å². The van der Waals surface area contributed by atoms with E-state index in [1.165, 1.54) is 6.08 Å². The average Bonchev–Trinajstić information content (AvgIpc) is 2.71. The summed E-state index contributed by atoms with van der Waals surface area (Å²) in [6.07, 6.45) is 31.7. The zero-order chi connectivity index (χ0) is 20.9. The summed E-state index contributed by atoms with van der Waals surface area (Å²) in [4.78, 5) is 11.7. The van der Waals surface area contributed by atoms with E-state index in [0.29, 0.717) is 12.8 Å². The van der Waals surface area contributed by atoms with Crippen LogP contribution >= 0.6 is 0 Å². The van der Waals surface area contributed by atoms with Gasteiger partial charge in [0.1, 0.15) is 0 Å². The summed E-state index contributed by atoms with van der Waals surface area (Å²) >= 11 is 0. The summed E-state index contributed by atoms with van der Waals surface area (Å²) in [7, 11) is 0. The Morgan fingerprint density at radius 1 is 0.750 bits per heavy atom. The van der Waals surface area contributed by atoms with E-state index >= 15 is 0 Å². The van der Waals surface area contributed by atoms with E-state index in [1.807, 2.05) is 62.5 Å². The number of hydrogen-bond donors (Lipinski definition) is 2. The zero-order valence-electron chi connectivity index (χ0n) is 17.7. The highest BCUT2D eigenvalue weighted by Gasteiger charge is 2.21. The van der Waals surface area contributed by atoms with Crippen LogP contribution < -0.4 is 5.32 Å². The lowest BCUT2D eigenvalue weighted by Gasteiger charge is -2.24. The fraction of sp³-hybridized carbons (Fsp3) is 0.400. The second kappa shape index (κ2) is 18.0. The van der Waals surface area contributed by atoms with Crippen molar-refractivity contribution in [3.63, 3.8) is 0 Å². The number of hydrogen-bond acceptors (Lipinski definition) is 2. The Balaban J connectivity index is 3.91. The third-order valence-electron chi connectivity index (χ3n) is 4.19. The Labute approximate surface area is 171 Å². The molecule has 0 aromatic carbocycles. The molecule has 0 spiro atoms. The maximum absolute atomic E-state index is 11.7. The summed E-state index contributed by atoms with van der Waals surface area (Å²) in [5.41, 5.74) is -0.811. The van der Waals surface area contributed by atoms with E-state index in [9.17, 15) is 9.90 Å². The minimum Gasteiger partial charge on any atom is -0.388 e. The normalized spacial score (nSPS) is 13.7. The summed E-state index contributed by atoms with van der Waals surface area (Å²) in [6, 6.07) is 0. The monoisotopic (exact) mass is 383 g/mol. The number of aliphatic hydroxyl groups is 1. The van der Waals surface area contributed by atoms with E-state index in [1.54, 1.807) is 6.08 Å². The Bertz CT molecular complexity index is 600. The molecule has 3 heteroatoms. The topological polar surface area (TPSA) is 49.3 Å². The molecule has 0 atom stereocenters. The number of amides is 1. The molecule has 0 bridgehead atoms. The van der Waals surface area contributed by atoms with E-state index in [4.69, 9.17) is 0 Å². The van der Waals surface area contributed by atoms with E-state index in [0.717, 1.165) is 19.3 Å². The van der Waals surface area contributed by atoms with Crippen LogP contribution in [0.4, 0.5) is 0 Å². The summed E-state index contributed by atoms with van der Waals surface area (Å²) in [6.45, 7) is 6.23. The van der Waals surface area contributed by atoms with Gasteiger partial charge in [-0.05, 0) is 32.1 Å². The minimum absolute atomic E-state index is 0.191. The van der Waals surface area contributed by atoms with Crippen LogP contribution in [0.1, 0.15) is 52.9 Å². The SMILES string of the molecule is CCC=CC=CC=CC=CCCC=CC=CC=CC(=O)NCC(O)(CC)CC. The molecule has 0 heterocycles. The lowest BCUT2D eigenvalue weighted by molar-refractivity contribution is -0.117. The molecule has 0 fully saturated rings. The predicted octanol–water partition coefficient (Wildman–Crippen LogP) is 5.74. The van der Waals surface area contributed by atoms with Gasteiger partial charge in [-0.15, -0.1) is 0 Å². The molecule has 154 valence electrons. The van der Waals surface area contributed by atoms with Gasteiger partial charge in [-0.1, -0.05) is 99.8 Å². The first kappa shape index (κ1) is 25.6. The number of unbranched alkanes of at least 4 members (excludes halogenated alkanes) is 1. The van der Waals surface area contributed by atoms with Crippen LogP contribution in [0, 0.1) is 0 Å². The number of carbonyl (C=O) groups is 1. The van der Waals surface area contributed by atoms with Crippen LogP contribution in [0.25, 0.3) is 0 Å². The Hall–Kier alpha value is -2.39. The fourth-order valence-electron chi connectivity index (χ4n) is 2.10. The smallest absolute Gasteiger partial charge is 0.244 e. The van der Waals surface area contributed by atoms with Crippen molar-refractivity contribution in [3.8, 4) is 0 Å². The molecule has 28 heavy (non-hydrogen) atoms. The Morgan fingerprint density at radius 2 is 1.21 bits per heavy atom. The highest BCUT2D eigenvalue weighted by Crippen LogP contribution is 2.12. The van der Waals surface area contributed by atoms with Crippen LogP contribution in [0.5, 0.6) is 0 Å². The second-order valence-electron chi connectivity index (χ2n) is 6.43. The molecule has 0 rings (SSSR count). The van der Waals surface area contributed by atoms with E-state index in [-0.39, 0.29) is 12.5 Å². The molecule has 0 aliphatic heterocycles. The zero-order valence-corrected chi connectivity index (χ0v) is 17.7. The van der Waals surface area contributed by atoms with Gasteiger partial charge in [-0.25, -0.2) is 0 Å². The first-order valence-electron chi connectivity index (χ1n) is 10.2. The number of allylic oxidation sites excluding steroid dienone is 13. The first-order chi connectivity index (χ1) is 13.6. The second-order valence-corrected chi connectivity index (χ2v) is 6.43. The molecular weight excluding hydrogens is 346 g/mol. The van der Waals surface area contributed by atoms with Gasteiger partial charge in [-0.3, -0.25) is 4.79 Å². The standard InChI is InChI=1S/C25H37NO2/c1-4-7-8-9-10-11-12-13-14-15-16-17-18-19-20-21-22-24(27)26-23-25(28,5-2)6-3/h7-14,17-22,28H,4-6,15-16,23H2,1-3H3,(H,26,27). The largest absolute Gasteiger partial charge is 0.388 e. The van der Waals surface area contributed by atoms with Gasteiger partial charge in [0, 0.05) is 12.6 Å². The fourth-order valence-corrected chi connectivity index (χ4v) is 2.10. The molecule has 0 aliphatic carbocycles. The van der Waals surface area contributed by atoms with Gasteiger partial charge in [0.2, 0.25) is 5.91 Å². The molecule has 0 aromatic rings. The quantitative estimate of drug-likeness (QED) is 0.228. The molecule has 0 aromatic heterocycles. The van der Waals surface area contributed by atoms with Crippen LogP contribution in [0.15, 0.2) is 85.1 Å². The van der Waals surface area contributed by atoms with Gasteiger partial charge in [0.15, 0.2) is 0 Å².